The van der Waals surface area contributed by atoms with Crippen LogP contribution in [-0.4, -0.2) is 46.5 Å². The molecule has 6 heteroatoms. The van der Waals surface area contributed by atoms with Gasteiger partial charge in [-0.1, -0.05) is 5.16 Å². The maximum absolute atomic E-state index is 12.2. The number of aromatic nitrogens is 1. The van der Waals surface area contributed by atoms with Gasteiger partial charge >= 0.3 is 0 Å². The number of fused-ring (bicyclic) bond motifs is 1. The molecule has 0 aromatic carbocycles. The van der Waals surface area contributed by atoms with Crippen LogP contribution in [0.15, 0.2) is 22.0 Å². The largest absolute Gasteiger partial charge is 0.361 e. The minimum atomic E-state index is -0.0173. The van der Waals surface area contributed by atoms with Crippen molar-refractivity contribution in [3.8, 4) is 0 Å². The van der Waals surface area contributed by atoms with Gasteiger partial charge in [-0.05, 0) is 30.4 Å². The first-order valence-electron chi connectivity index (χ1n) is 7.22. The minimum absolute atomic E-state index is 0.0173. The van der Waals surface area contributed by atoms with Crippen molar-refractivity contribution in [2.75, 3.05) is 19.6 Å². The Hall–Kier alpha value is -1.66. The molecule has 1 saturated heterocycles. The fraction of sp³-hybridized carbons (Fsp3) is 0.467. The Morgan fingerprint density at radius 1 is 1.48 bits per heavy atom. The molecule has 1 amide bonds. The number of aryl methyl sites for hydroxylation is 1. The molecular weight excluding hydrogens is 286 g/mol. The van der Waals surface area contributed by atoms with Gasteiger partial charge in [-0.2, -0.15) is 0 Å². The van der Waals surface area contributed by atoms with Gasteiger partial charge < -0.3 is 9.42 Å². The van der Waals surface area contributed by atoms with Gasteiger partial charge in [-0.25, -0.2) is 0 Å². The van der Waals surface area contributed by atoms with E-state index in [0.29, 0.717) is 17.5 Å². The van der Waals surface area contributed by atoms with Crippen LogP contribution in [0.5, 0.6) is 0 Å². The number of nitrogens with zero attached hydrogens (tertiary/aromatic N) is 3. The number of carbonyl (C=O) groups is 1. The Morgan fingerprint density at radius 3 is 3.10 bits per heavy atom. The Bertz CT molecular complexity index is 672. The molecular formula is C15H17N3O2S. The second kappa shape index (κ2) is 4.96. The molecule has 2 aromatic heterocycles. The van der Waals surface area contributed by atoms with Gasteiger partial charge in [0.1, 0.15) is 5.76 Å². The van der Waals surface area contributed by atoms with E-state index in [0.717, 1.165) is 32.6 Å². The summed E-state index contributed by atoms with van der Waals surface area (Å²) in [5.41, 5.74) is 1.88. The second-order valence-electron chi connectivity index (χ2n) is 5.78. The van der Waals surface area contributed by atoms with Crippen molar-refractivity contribution in [2.45, 2.75) is 25.9 Å². The van der Waals surface area contributed by atoms with Crippen molar-refractivity contribution in [1.82, 2.24) is 15.0 Å². The molecule has 1 fully saturated rings. The lowest BCUT2D eigenvalue weighted by molar-refractivity contribution is 0.0213. The zero-order chi connectivity index (χ0) is 14.4. The topological polar surface area (TPSA) is 49.6 Å². The molecule has 0 spiro atoms. The molecule has 0 aliphatic carbocycles. The van der Waals surface area contributed by atoms with E-state index in [4.69, 9.17) is 4.52 Å². The number of amides is 1. The van der Waals surface area contributed by atoms with E-state index in [1.54, 1.807) is 13.0 Å². The number of hydrogen-bond donors (Lipinski definition) is 0. The zero-order valence-electron chi connectivity index (χ0n) is 11.9. The summed E-state index contributed by atoms with van der Waals surface area (Å²) >= 11 is 1.86. The molecule has 4 rings (SSSR count). The summed E-state index contributed by atoms with van der Waals surface area (Å²) < 4.78 is 4.97. The number of hydrogen-bond acceptors (Lipinski definition) is 5. The average Bonchev–Trinajstić information content (AvgIpc) is 3.04. The molecule has 0 atom stereocenters. The van der Waals surface area contributed by atoms with Crippen molar-refractivity contribution in [2.24, 2.45) is 0 Å². The van der Waals surface area contributed by atoms with E-state index in [1.807, 2.05) is 16.2 Å². The van der Waals surface area contributed by atoms with E-state index >= 15 is 0 Å². The third-order valence-electron chi connectivity index (χ3n) is 4.35. The van der Waals surface area contributed by atoms with Crippen LogP contribution < -0.4 is 0 Å². The summed E-state index contributed by atoms with van der Waals surface area (Å²) in [7, 11) is 0. The first kappa shape index (κ1) is 13.0. The molecule has 2 aliphatic heterocycles. The number of carbonyl (C=O) groups excluding carboxylic acids is 1. The van der Waals surface area contributed by atoms with Gasteiger partial charge in [-0.15, -0.1) is 11.3 Å². The summed E-state index contributed by atoms with van der Waals surface area (Å²) in [5, 5.41) is 5.98. The highest BCUT2D eigenvalue weighted by Crippen LogP contribution is 2.28. The van der Waals surface area contributed by atoms with E-state index in [2.05, 4.69) is 21.5 Å². The summed E-state index contributed by atoms with van der Waals surface area (Å²) in [6.45, 7) is 5.52. The average molecular weight is 303 g/mol. The monoisotopic (exact) mass is 303 g/mol. The molecule has 110 valence electrons. The summed E-state index contributed by atoms with van der Waals surface area (Å²) in [4.78, 5) is 18.1. The van der Waals surface area contributed by atoms with Crippen LogP contribution in [0.25, 0.3) is 0 Å². The molecule has 0 saturated carbocycles. The van der Waals surface area contributed by atoms with Gasteiger partial charge in [0.15, 0.2) is 5.69 Å². The van der Waals surface area contributed by atoms with E-state index < -0.39 is 0 Å². The molecule has 2 aromatic rings. The Labute approximate surface area is 127 Å². The van der Waals surface area contributed by atoms with Crippen LogP contribution in [-0.2, 0) is 13.0 Å². The summed E-state index contributed by atoms with van der Waals surface area (Å²) in [6.07, 6.45) is 1.14. The zero-order valence-corrected chi connectivity index (χ0v) is 12.7. The van der Waals surface area contributed by atoms with Crippen molar-refractivity contribution in [3.05, 3.63) is 39.4 Å². The van der Waals surface area contributed by atoms with Crippen LogP contribution in [0.2, 0.25) is 0 Å². The molecule has 5 nitrogen and oxygen atoms in total. The molecule has 0 unspecified atom stereocenters. The van der Waals surface area contributed by atoms with Gasteiger partial charge in [0.2, 0.25) is 0 Å². The smallest absolute Gasteiger partial charge is 0.276 e. The maximum Gasteiger partial charge on any atom is 0.276 e. The fourth-order valence-electron chi connectivity index (χ4n) is 3.06. The molecule has 21 heavy (non-hydrogen) atoms. The predicted octanol–water partition coefficient (Wildman–Crippen LogP) is 1.93. The van der Waals surface area contributed by atoms with Gasteiger partial charge in [0, 0.05) is 43.2 Å². The highest BCUT2D eigenvalue weighted by Gasteiger charge is 2.37. The number of thiophene rings is 1. The van der Waals surface area contributed by atoms with Crippen molar-refractivity contribution >= 4 is 17.2 Å². The third-order valence-corrected chi connectivity index (χ3v) is 5.37. The third kappa shape index (κ3) is 2.28. The molecule has 4 heterocycles. The van der Waals surface area contributed by atoms with Crippen molar-refractivity contribution < 1.29 is 9.32 Å². The Morgan fingerprint density at radius 2 is 2.33 bits per heavy atom. The summed E-state index contributed by atoms with van der Waals surface area (Å²) in [5.74, 6) is 0.660. The highest BCUT2D eigenvalue weighted by atomic mass is 32.1. The number of likely N-dealkylation sites (tertiary alicyclic amines) is 1. The normalized spacial score (nSPS) is 19.4. The molecule has 0 radical (unpaired) electrons. The predicted molar refractivity (Wildman–Crippen MR) is 79.4 cm³/mol. The molecule has 0 bridgehead atoms. The minimum Gasteiger partial charge on any atom is -0.361 e. The van der Waals surface area contributed by atoms with E-state index in [1.165, 1.54) is 10.4 Å². The Kier molecular flexibility index (Phi) is 3.08. The standard InChI is InChI=1S/C15H17N3O2S/c1-10-6-13(16-20-10)15(19)18-8-12(9-18)17-4-2-14-11(7-17)3-5-21-14/h3,5-6,12H,2,4,7-9H2,1H3. The van der Waals surface area contributed by atoms with Crippen LogP contribution in [0.1, 0.15) is 26.7 Å². The van der Waals surface area contributed by atoms with Gasteiger partial charge in [0.25, 0.3) is 5.91 Å². The second-order valence-corrected chi connectivity index (χ2v) is 6.78. The van der Waals surface area contributed by atoms with Crippen molar-refractivity contribution in [3.63, 3.8) is 0 Å². The quantitative estimate of drug-likeness (QED) is 0.850. The van der Waals surface area contributed by atoms with E-state index in [9.17, 15) is 4.79 Å². The fourth-order valence-corrected chi connectivity index (χ4v) is 3.95. The van der Waals surface area contributed by atoms with Crippen LogP contribution in [0.3, 0.4) is 0 Å². The first-order chi connectivity index (χ1) is 10.2. The number of rotatable bonds is 2. The van der Waals surface area contributed by atoms with Crippen molar-refractivity contribution in [1.29, 1.82) is 0 Å². The van der Waals surface area contributed by atoms with Crippen LogP contribution in [0.4, 0.5) is 0 Å². The first-order valence-corrected chi connectivity index (χ1v) is 8.10. The SMILES string of the molecule is Cc1cc(C(=O)N2CC(N3CCc4sccc4C3)C2)no1. The van der Waals surface area contributed by atoms with Gasteiger partial charge in [0.05, 0.1) is 0 Å². The maximum atomic E-state index is 12.2. The van der Waals surface area contributed by atoms with Gasteiger partial charge in [-0.3, -0.25) is 9.69 Å². The molecule has 2 aliphatic rings. The lowest BCUT2D eigenvalue weighted by Crippen LogP contribution is -2.61. The Balaban J connectivity index is 1.36. The lowest BCUT2D eigenvalue weighted by atomic mass is 10.0. The lowest BCUT2D eigenvalue weighted by Gasteiger charge is -2.46. The van der Waals surface area contributed by atoms with Crippen LogP contribution in [0, 0.1) is 6.92 Å². The molecule has 0 N–H and O–H groups in total. The highest BCUT2D eigenvalue weighted by molar-refractivity contribution is 7.10. The summed E-state index contributed by atoms with van der Waals surface area (Å²) in [6, 6.07) is 4.41. The van der Waals surface area contributed by atoms with E-state index in [-0.39, 0.29) is 5.91 Å². The van der Waals surface area contributed by atoms with Crippen LogP contribution >= 0.6 is 11.3 Å².